The summed E-state index contributed by atoms with van der Waals surface area (Å²) < 4.78 is -0.0601. The van der Waals surface area contributed by atoms with Crippen LogP contribution in [0.2, 0.25) is 0 Å². The largest absolute Gasteiger partial charge is 0.208 e. The van der Waals surface area contributed by atoms with Crippen molar-refractivity contribution < 1.29 is 0 Å². The van der Waals surface area contributed by atoms with Gasteiger partial charge < -0.3 is 0 Å². The van der Waals surface area contributed by atoms with Crippen LogP contribution in [-0.4, -0.2) is 19.7 Å². The normalized spacial score (nSPS) is 16.6. The van der Waals surface area contributed by atoms with Crippen molar-refractivity contribution >= 4 is 33.7 Å². The Kier molecular flexibility index (Phi) is 6.91. The Morgan fingerprint density at radius 2 is 1.04 bits per heavy atom. The van der Waals surface area contributed by atoms with Crippen LogP contribution in [0.25, 0.3) is 67.2 Å². The molecule has 1 aliphatic carbocycles. The zero-order chi connectivity index (χ0) is 32.1. The molecule has 0 fully saturated rings. The van der Waals surface area contributed by atoms with Gasteiger partial charge in [0.2, 0.25) is 0 Å². The van der Waals surface area contributed by atoms with Crippen LogP contribution in [0.5, 0.6) is 0 Å². The molecule has 0 spiro atoms. The summed E-state index contributed by atoms with van der Waals surface area (Å²) in [6.07, 6.45) is 5.59. The fourth-order valence-corrected chi connectivity index (χ4v) is 8.53. The fraction of sp³-hybridized carbons (Fsp3) is 0.0682. The molecule has 0 saturated heterocycles. The molecule has 4 heteroatoms. The Balaban J connectivity index is 1.11. The molecular weight excluding hydrogens is 603 g/mol. The van der Waals surface area contributed by atoms with Crippen LogP contribution in [0.4, 0.5) is 0 Å². The van der Waals surface area contributed by atoms with E-state index in [2.05, 4.69) is 140 Å². The lowest BCUT2D eigenvalue weighted by molar-refractivity contribution is 0.827. The lowest BCUT2D eigenvalue weighted by Gasteiger charge is -2.40. The topological polar surface area (TPSA) is 38.7 Å². The van der Waals surface area contributed by atoms with Crippen LogP contribution in [0, 0.1) is 0 Å². The summed E-state index contributed by atoms with van der Waals surface area (Å²) in [6.45, 7) is 2.39. The highest BCUT2D eigenvalue weighted by Gasteiger charge is 2.38. The van der Waals surface area contributed by atoms with Crippen molar-refractivity contribution in [3.05, 3.63) is 169 Å². The zero-order valence-electron chi connectivity index (χ0n) is 26.5. The Bertz CT molecular complexity index is 2390. The number of thioether (sulfide) groups is 1. The highest BCUT2D eigenvalue weighted by atomic mass is 32.2. The third-order valence-electron chi connectivity index (χ3n) is 9.45. The average Bonchev–Trinajstić information content (AvgIpc) is 3.15. The van der Waals surface area contributed by atoms with E-state index in [4.69, 9.17) is 15.0 Å². The monoisotopic (exact) mass is 633 g/mol. The lowest BCUT2D eigenvalue weighted by atomic mass is 9.80. The second-order valence-corrected chi connectivity index (χ2v) is 14.2. The van der Waals surface area contributed by atoms with Crippen molar-refractivity contribution in [2.24, 2.45) is 0 Å². The van der Waals surface area contributed by atoms with Gasteiger partial charge in [0.15, 0.2) is 17.5 Å². The van der Waals surface area contributed by atoms with Gasteiger partial charge in [-0.1, -0.05) is 146 Å². The molecule has 3 nitrogen and oxygen atoms in total. The molecule has 7 aromatic rings. The molecule has 228 valence electrons. The third-order valence-corrected chi connectivity index (χ3v) is 10.8. The first-order valence-electron chi connectivity index (χ1n) is 16.3. The number of benzene rings is 6. The van der Waals surface area contributed by atoms with E-state index in [0.29, 0.717) is 17.5 Å². The van der Waals surface area contributed by atoms with E-state index < -0.39 is 0 Å². The van der Waals surface area contributed by atoms with Crippen LogP contribution in [-0.2, 0) is 0 Å². The van der Waals surface area contributed by atoms with Crippen molar-refractivity contribution in [3.8, 4) is 45.3 Å². The Morgan fingerprint density at radius 3 is 1.77 bits per heavy atom. The minimum absolute atomic E-state index is 0.0601. The third kappa shape index (κ3) is 5.06. The van der Waals surface area contributed by atoms with E-state index in [1.54, 1.807) is 0 Å². The number of hydrogen-bond donors (Lipinski definition) is 0. The number of fused-ring (bicyclic) bond motifs is 2. The summed E-state index contributed by atoms with van der Waals surface area (Å²) in [4.78, 5) is 16.4. The fourth-order valence-electron chi connectivity index (χ4n) is 7.05. The van der Waals surface area contributed by atoms with E-state index in [1.807, 2.05) is 36.0 Å². The molecule has 2 aliphatic rings. The summed E-state index contributed by atoms with van der Waals surface area (Å²) in [7, 11) is 0. The van der Waals surface area contributed by atoms with Crippen molar-refractivity contribution in [1.29, 1.82) is 0 Å². The molecule has 6 aromatic carbocycles. The number of nitrogens with zero attached hydrogens (tertiary/aromatic N) is 3. The second kappa shape index (κ2) is 11.6. The first-order valence-corrected chi connectivity index (χ1v) is 17.1. The highest BCUT2D eigenvalue weighted by Crippen LogP contribution is 2.56. The molecule has 0 bridgehead atoms. The van der Waals surface area contributed by atoms with Gasteiger partial charge in [-0.3, -0.25) is 0 Å². The van der Waals surface area contributed by atoms with Gasteiger partial charge in [-0.15, -0.1) is 11.8 Å². The van der Waals surface area contributed by atoms with Crippen LogP contribution < -0.4 is 0 Å². The molecular formula is C44H31N3S. The summed E-state index contributed by atoms with van der Waals surface area (Å²) in [5, 5.41) is 2.68. The molecule has 9 rings (SSSR count). The predicted octanol–water partition coefficient (Wildman–Crippen LogP) is 11.4. The van der Waals surface area contributed by atoms with Crippen molar-refractivity contribution in [1.82, 2.24) is 15.0 Å². The van der Waals surface area contributed by atoms with E-state index in [1.165, 1.54) is 43.5 Å². The van der Waals surface area contributed by atoms with Crippen LogP contribution in [0.3, 0.4) is 0 Å². The van der Waals surface area contributed by atoms with Crippen LogP contribution >= 0.6 is 11.8 Å². The average molecular weight is 634 g/mol. The molecule has 1 aromatic heterocycles. The van der Waals surface area contributed by atoms with Gasteiger partial charge in [0.1, 0.15) is 0 Å². The van der Waals surface area contributed by atoms with Gasteiger partial charge in [0.25, 0.3) is 0 Å². The molecule has 48 heavy (non-hydrogen) atoms. The molecule has 1 atom stereocenters. The van der Waals surface area contributed by atoms with Gasteiger partial charge in [-0.05, 0) is 64.3 Å². The van der Waals surface area contributed by atoms with E-state index in [-0.39, 0.29) is 4.75 Å². The van der Waals surface area contributed by atoms with Gasteiger partial charge in [-0.25, -0.2) is 15.0 Å². The minimum atomic E-state index is -0.0601. The quantitative estimate of drug-likeness (QED) is 0.189. The molecule has 0 saturated carbocycles. The maximum absolute atomic E-state index is 5.06. The molecule has 0 amide bonds. The smallest absolute Gasteiger partial charge is 0.164 e. The maximum atomic E-state index is 5.06. The van der Waals surface area contributed by atoms with Crippen molar-refractivity contribution in [2.45, 2.75) is 23.0 Å². The van der Waals surface area contributed by atoms with E-state index in [0.717, 1.165) is 28.7 Å². The highest BCUT2D eigenvalue weighted by molar-refractivity contribution is 8.01. The summed E-state index contributed by atoms with van der Waals surface area (Å²) in [5.74, 6) is 1.99. The Morgan fingerprint density at radius 1 is 0.500 bits per heavy atom. The first kappa shape index (κ1) is 28.6. The Labute approximate surface area is 284 Å². The lowest BCUT2D eigenvalue weighted by Crippen LogP contribution is -2.27. The molecule has 1 unspecified atom stereocenters. The molecule has 0 radical (unpaired) electrons. The van der Waals surface area contributed by atoms with Gasteiger partial charge in [-0.2, -0.15) is 0 Å². The summed E-state index contributed by atoms with van der Waals surface area (Å²) >= 11 is 1.99. The summed E-state index contributed by atoms with van der Waals surface area (Å²) in [5.41, 5.74) is 10.5. The number of rotatable bonds is 5. The standard InChI is InChI=1S/C44H31N3S/c1-44-28-36(25-26-38(44)37-19-9-15-31-16-10-20-39(48-44)40(31)37)34-17-8-18-35(27-34)43-46-41(32-13-6-3-7-14-32)45-42(47-43)33-23-21-30(22-24-33)29-11-4-2-5-12-29/h2-27H,28H2,1H3. The number of hydrogen-bond acceptors (Lipinski definition) is 4. The minimum Gasteiger partial charge on any atom is -0.208 e. The number of allylic oxidation sites excluding steroid dienone is 3. The summed E-state index contributed by atoms with van der Waals surface area (Å²) in [6, 6.07) is 51.1. The SMILES string of the molecule is CC12CC(c3cccc(-c4nc(-c5ccccc5)nc(-c5ccc(-c6ccccc6)cc5)n4)c3)=CC=C1c1cccc3cccc(c13)S2. The van der Waals surface area contributed by atoms with Crippen molar-refractivity contribution in [3.63, 3.8) is 0 Å². The molecule has 1 aliphatic heterocycles. The van der Waals surface area contributed by atoms with E-state index in [9.17, 15) is 0 Å². The number of aromatic nitrogens is 3. The van der Waals surface area contributed by atoms with E-state index >= 15 is 0 Å². The first-order chi connectivity index (χ1) is 23.6. The second-order valence-electron chi connectivity index (χ2n) is 12.6. The predicted molar refractivity (Wildman–Crippen MR) is 200 cm³/mol. The van der Waals surface area contributed by atoms with Gasteiger partial charge >= 0.3 is 0 Å². The van der Waals surface area contributed by atoms with Crippen molar-refractivity contribution in [2.75, 3.05) is 0 Å². The van der Waals surface area contributed by atoms with Crippen LogP contribution in [0.1, 0.15) is 24.5 Å². The molecule has 0 N–H and O–H groups in total. The zero-order valence-corrected chi connectivity index (χ0v) is 27.3. The Hall–Kier alpha value is -5.58. The molecule has 2 heterocycles. The maximum Gasteiger partial charge on any atom is 0.164 e. The van der Waals surface area contributed by atoms with Gasteiger partial charge in [0, 0.05) is 31.7 Å². The van der Waals surface area contributed by atoms with Crippen LogP contribution in [0.15, 0.2) is 163 Å². The van der Waals surface area contributed by atoms with Gasteiger partial charge in [0.05, 0.1) is 0 Å².